The molecule has 0 amide bonds. The highest BCUT2D eigenvalue weighted by Gasteiger charge is 2.24. The van der Waals surface area contributed by atoms with Gasteiger partial charge < -0.3 is 18.5 Å². The largest absolute Gasteiger partial charge is 0.748 e. The van der Waals surface area contributed by atoms with Crippen molar-refractivity contribution in [2.24, 2.45) is 0 Å². The predicted molar refractivity (Wildman–Crippen MR) is 86.9 cm³/mol. The van der Waals surface area contributed by atoms with Crippen LogP contribution in [0.5, 0.6) is 0 Å². The fraction of sp³-hybridized carbons (Fsp3) is 0.600. The molecule has 0 radical (unpaired) electrons. The third-order valence-corrected chi connectivity index (χ3v) is 3.99. The van der Waals surface area contributed by atoms with Gasteiger partial charge in [0.1, 0.15) is 36.4 Å². The lowest BCUT2D eigenvalue weighted by atomic mass is 10.3. The molecular weight excluding hydrogens is 338 g/mol. The topological polar surface area (TPSA) is 110 Å². The Bertz CT molecular complexity index is 563. The lowest BCUT2D eigenvalue weighted by molar-refractivity contribution is -0.907. The number of ether oxygens (including phenoxy) is 2. The molecule has 0 aromatic carbocycles. The maximum Gasteiger partial charge on any atom is 0.333 e. The number of likely N-dealkylation sites (N-methyl/N-ethyl adjacent to an activating group) is 1. The molecule has 0 spiro atoms. The number of rotatable bonds is 11. The van der Waals surface area contributed by atoms with E-state index in [1.807, 2.05) is 0 Å². The summed E-state index contributed by atoms with van der Waals surface area (Å²) >= 11 is 0. The molecule has 0 aliphatic heterocycles. The van der Waals surface area contributed by atoms with Crippen LogP contribution in [-0.4, -0.2) is 75.0 Å². The number of esters is 2. The Balaban J connectivity index is 4.69. The molecule has 0 N–H and O–H groups in total. The van der Waals surface area contributed by atoms with Gasteiger partial charge >= 0.3 is 11.9 Å². The van der Waals surface area contributed by atoms with Crippen molar-refractivity contribution in [1.29, 1.82) is 0 Å². The minimum atomic E-state index is -4.38. The van der Waals surface area contributed by atoms with E-state index in [-0.39, 0.29) is 48.5 Å². The summed E-state index contributed by atoms with van der Waals surface area (Å²) in [5, 5.41) is 0. The van der Waals surface area contributed by atoms with Gasteiger partial charge in [-0.05, 0) is 13.8 Å². The molecule has 9 heteroatoms. The van der Waals surface area contributed by atoms with Gasteiger partial charge in [-0.1, -0.05) is 13.2 Å². The monoisotopic (exact) mass is 363 g/mol. The Hall–Kier alpha value is -1.71. The smallest absolute Gasteiger partial charge is 0.333 e. The van der Waals surface area contributed by atoms with Gasteiger partial charge in [0.15, 0.2) is 0 Å². The zero-order chi connectivity index (χ0) is 19.0. The minimum Gasteiger partial charge on any atom is -0.748 e. The molecule has 0 fully saturated rings. The number of nitrogens with zero attached hydrogens (tertiary/aromatic N) is 1. The first kappa shape index (κ1) is 22.3. The summed E-state index contributed by atoms with van der Waals surface area (Å²) in [6.07, 6.45) is 0. The van der Waals surface area contributed by atoms with Gasteiger partial charge in [0, 0.05) is 11.1 Å². The van der Waals surface area contributed by atoms with Crippen molar-refractivity contribution < 1.29 is 36.5 Å². The first-order chi connectivity index (χ1) is 10.9. The molecule has 0 bridgehead atoms. The molecule has 0 unspecified atom stereocenters. The van der Waals surface area contributed by atoms with Crippen LogP contribution in [0.3, 0.4) is 0 Å². The second kappa shape index (κ2) is 9.55. The molecule has 0 aromatic heterocycles. The molecule has 0 aromatic rings. The third kappa shape index (κ3) is 10.1. The van der Waals surface area contributed by atoms with Crippen molar-refractivity contribution in [3.05, 3.63) is 24.3 Å². The van der Waals surface area contributed by atoms with Gasteiger partial charge in [0.25, 0.3) is 0 Å². The predicted octanol–water partition coefficient (Wildman–Crippen LogP) is 0.217. The maximum atomic E-state index is 11.4. The maximum absolute atomic E-state index is 11.4. The first-order valence-corrected chi connectivity index (χ1v) is 8.86. The van der Waals surface area contributed by atoms with Crippen molar-refractivity contribution in [3.63, 3.8) is 0 Å². The van der Waals surface area contributed by atoms with Gasteiger partial charge in [-0.3, -0.25) is 0 Å². The molecule has 0 rings (SSSR count). The van der Waals surface area contributed by atoms with E-state index in [0.717, 1.165) is 0 Å². The van der Waals surface area contributed by atoms with E-state index in [1.54, 1.807) is 7.05 Å². The summed E-state index contributed by atoms with van der Waals surface area (Å²) in [4.78, 5) is 22.7. The Morgan fingerprint density at radius 2 is 1.33 bits per heavy atom. The van der Waals surface area contributed by atoms with Gasteiger partial charge in [-0.25, -0.2) is 18.0 Å². The fourth-order valence-electron chi connectivity index (χ4n) is 1.63. The van der Waals surface area contributed by atoms with Crippen LogP contribution in [0.15, 0.2) is 24.3 Å². The van der Waals surface area contributed by atoms with E-state index < -0.39 is 27.8 Å². The molecule has 0 aliphatic carbocycles. The van der Waals surface area contributed by atoms with Crippen LogP contribution in [0, 0.1) is 0 Å². The molecule has 0 atom stereocenters. The lowest BCUT2D eigenvalue weighted by Gasteiger charge is -2.34. The van der Waals surface area contributed by atoms with Crippen LogP contribution in [0.1, 0.15) is 13.8 Å². The number of hydrogen-bond acceptors (Lipinski definition) is 7. The van der Waals surface area contributed by atoms with Crippen molar-refractivity contribution in [1.82, 2.24) is 0 Å². The Morgan fingerprint density at radius 1 is 0.958 bits per heavy atom. The number of carbonyl (C=O) groups is 2. The lowest BCUT2D eigenvalue weighted by Crippen LogP contribution is -2.51. The van der Waals surface area contributed by atoms with Gasteiger partial charge in [-0.15, -0.1) is 0 Å². The van der Waals surface area contributed by atoms with E-state index in [9.17, 15) is 22.6 Å². The van der Waals surface area contributed by atoms with Crippen molar-refractivity contribution in [2.45, 2.75) is 13.8 Å². The van der Waals surface area contributed by atoms with E-state index in [2.05, 4.69) is 13.2 Å². The molecule has 24 heavy (non-hydrogen) atoms. The summed E-state index contributed by atoms with van der Waals surface area (Å²) in [6, 6.07) is 0. The highest BCUT2D eigenvalue weighted by atomic mass is 32.2. The molecule has 8 nitrogen and oxygen atoms in total. The van der Waals surface area contributed by atoms with E-state index >= 15 is 0 Å². The fourth-order valence-corrected chi connectivity index (χ4v) is 2.30. The second-order valence-corrected chi connectivity index (χ2v) is 7.41. The molecule has 0 heterocycles. The number of quaternary nitrogens is 1. The molecular formula is C15H25NO7S. The normalized spacial score (nSPS) is 11.7. The molecule has 0 aliphatic rings. The number of hydrogen-bond donors (Lipinski definition) is 0. The number of carbonyl (C=O) groups excluding carboxylic acids is 2. The average Bonchev–Trinajstić information content (AvgIpc) is 2.44. The van der Waals surface area contributed by atoms with Gasteiger partial charge in [0.05, 0.1) is 19.3 Å². The van der Waals surface area contributed by atoms with Crippen LogP contribution in [0.4, 0.5) is 0 Å². The van der Waals surface area contributed by atoms with Crippen LogP contribution < -0.4 is 0 Å². The van der Waals surface area contributed by atoms with E-state index in [0.29, 0.717) is 0 Å². The van der Waals surface area contributed by atoms with Crippen molar-refractivity contribution in [3.8, 4) is 0 Å². The minimum absolute atomic E-state index is 0.0150. The van der Waals surface area contributed by atoms with Gasteiger partial charge in [-0.2, -0.15) is 0 Å². The summed E-state index contributed by atoms with van der Waals surface area (Å²) in [5.41, 5.74) is 0.503. The molecule has 0 saturated carbocycles. The van der Waals surface area contributed by atoms with E-state index in [4.69, 9.17) is 9.47 Å². The summed E-state index contributed by atoms with van der Waals surface area (Å²) < 4.78 is 42.7. The van der Waals surface area contributed by atoms with Crippen molar-refractivity contribution in [2.75, 3.05) is 45.6 Å². The zero-order valence-corrected chi connectivity index (χ0v) is 15.2. The zero-order valence-electron chi connectivity index (χ0n) is 14.4. The Kier molecular flexibility index (Phi) is 8.87. The highest BCUT2D eigenvalue weighted by Crippen LogP contribution is 2.05. The van der Waals surface area contributed by atoms with Crippen LogP contribution >= 0.6 is 0 Å². The average molecular weight is 363 g/mol. The standard InChI is InChI=1S/C15H25NO7S/c1-12(2)14(17)22-9-6-16(5,8-11-24(19,20)21)7-10-23-15(18)13(3)4/h1,3,6-11H2,2,4-5H3. The highest BCUT2D eigenvalue weighted by molar-refractivity contribution is 7.85. The quantitative estimate of drug-likeness (QED) is 0.223. The SMILES string of the molecule is C=C(C)C(=O)OCC[N+](C)(CCOC(=O)C(=C)C)CCS(=O)(=O)[O-]. The van der Waals surface area contributed by atoms with Crippen LogP contribution in [-0.2, 0) is 29.2 Å². The summed E-state index contributed by atoms with van der Waals surface area (Å²) in [7, 11) is -2.69. The third-order valence-electron chi connectivity index (χ3n) is 3.31. The van der Waals surface area contributed by atoms with E-state index in [1.165, 1.54) is 13.8 Å². The molecule has 138 valence electrons. The van der Waals surface area contributed by atoms with Crippen LogP contribution in [0.25, 0.3) is 0 Å². The summed E-state index contributed by atoms with van der Waals surface area (Å²) in [6.45, 7) is 10.5. The van der Waals surface area contributed by atoms with Crippen LogP contribution in [0.2, 0.25) is 0 Å². The summed E-state index contributed by atoms with van der Waals surface area (Å²) in [5.74, 6) is -1.66. The Morgan fingerprint density at radius 3 is 1.62 bits per heavy atom. The Labute approximate surface area is 143 Å². The van der Waals surface area contributed by atoms with Gasteiger partial charge in [0.2, 0.25) is 0 Å². The van der Waals surface area contributed by atoms with Crippen molar-refractivity contribution >= 4 is 22.1 Å². The first-order valence-electron chi connectivity index (χ1n) is 7.29. The second-order valence-electron chi connectivity index (χ2n) is 5.88. The molecule has 0 saturated heterocycles.